The van der Waals surface area contributed by atoms with Gasteiger partial charge in [0.25, 0.3) is 5.91 Å². The van der Waals surface area contributed by atoms with Crippen LogP contribution in [0.15, 0.2) is 72.8 Å². The molecular weight excluding hydrogens is 388 g/mol. The number of para-hydroxylation sites is 2. The lowest BCUT2D eigenvalue weighted by atomic mass is 10.2. The smallest absolute Gasteiger partial charge is 0.262 e. The highest BCUT2D eigenvalue weighted by atomic mass is 16.5. The second-order valence-electron chi connectivity index (χ2n) is 7.79. The molecule has 31 heavy (non-hydrogen) atoms. The van der Waals surface area contributed by atoms with E-state index < -0.39 is 0 Å². The summed E-state index contributed by atoms with van der Waals surface area (Å²) >= 11 is 0. The van der Waals surface area contributed by atoms with E-state index in [0.717, 1.165) is 47.9 Å². The lowest BCUT2D eigenvalue weighted by Gasteiger charge is -2.30. The first-order valence-electron chi connectivity index (χ1n) is 10.4. The van der Waals surface area contributed by atoms with Gasteiger partial charge in [-0.3, -0.25) is 4.79 Å². The first-order chi connectivity index (χ1) is 15.2. The summed E-state index contributed by atoms with van der Waals surface area (Å²) in [6, 6.07) is 23.9. The standard InChI is InChI=1S/C25H24N4O2/c1-18-5-4-6-21(15-18)31-17-25(30)26-19-9-11-20(12-10-19)28-13-14-29-23-8-3-2-7-22(23)27-24(29)16-28/h2-12,15H,13-14,16-17H2,1H3,(H,26,30). The summed E-state index contributed by atoms with van der Waals surface area (Å²) in [4.78, 5) is 19.3. The van der Waals surface area contributed by atoms with Crippen molar-refractivity contribution in [2.75, 3.05) is 23.4 Å². The number of aromatic nitrogens is 2. The van der Waals surface area contributed by atoms with Gasteiger partial charge in [0.15, 0.2) is 6.61 Å². The number of carbonyl (C=O) groups excluding carboxylic acids is 1. The minimum absolute atomic E-state index is 0.0203. The van der Waals surface area contributed by atoms with Crippen molar-refractivity contribution in [1.29, 1.82) is 0 Å². The van der Waals surface area contributed by atoms with E-state index >= 15 is 0 Å². The number of nitrogens with zero attached hydrogens (tertiary/aromatic N) is 3. The number of hydrogen-bond donors (Lipinski definition) is 1. The molecule has 6 nitrogen and oxygen atoms in total. The Balaban J connectivity index is 1.20. The topological polar surface area (TPSA) is 59.4 Å². The van der Waals surface area contributed by atoms with Crippen LogP contribution in [0.1, 0.15) is 11.4 Å². The number of hydrogen-bond acceptors (Lipinski definition) is 4. The summed E-state index contributed by atoms with van der Waals surface area (Å²) in [7, 11) is 0. The van der Waals surface area contributed by atoms with E-state index in [1.54, 1.807) is 0 Å². The molecule has 4 aromatic rings. The number of carbonyl (C=O) groups is 1. The first kappa shape index (κ1) is 19.2. The molecule has 5 rings (SSSR count). The molecule has 0 radical (unpaired) electrons. The summed E-state index contributed by atoms with van der Waals surface area (Å²) in [5, 5.41) is 2.89. The summed E-state index contributed by atoms with van der Waals surface area (Å²) in [6.07, 6.45) is 0. The second-order valence-corrected chi connectivity index (χ2v) is 7.79. The van der Waals surface area contributed by atoms with Crippen molar-refractivity contribution in [3.8, 4) is 5.75 Å². The van der Waals surface area contributed by atoms with Crippen molar-refractivity contribution in [2.24, 2.45) is 0 Å². The monoisotopic (exact) mass is 412 g/mol. The molecule has 2 heterocycles. The van der Waals surface area contributed by atoms with Crippen LogP contribution >= 0.6 is 0 Å². The Morgan fingerprint density at radius 2 is 1.87 bits per heavy atom. The van der Waals surface area contributed by atoms with E-state index in [-0.39, 0.29) is 12.5 Å². The third kappa shape index (κ3) is 4.10. The molecule has 0 bridgehead atoms. The lowest BCUT2D eigenvalue weighted by Crippen LogP contribution is -2.33. The minimum Gasteiger partial charge on any atom is -0.484 e. The van der Waals surface area contributed by atoms with Crippen molar-refractivity contribution in [3.05, 3.63) is 84.2 Å². The number of nitrogens with one attached hydrogen (secondary N) is 1. The Kier molecular flexibility index (Phi) is 5.04. The van der Waals surface area contributed by atoms with Crippen molar-refractivity contribution >= 4 is 28.3 Å². The van der Waals surface area contributed by atoms with Crippen molar-refractivity contribution in [1.82, 2.24) is 9.55 Å². The van der Waals surface area contributed by atoms with Gasteiger partial charge in [0, 0.05) is 24.5 Å². The number of fused-ring (bicyclic) bond motifs is 3. The number of ether oxygens (including phenoxy) is 1. The van der Waals surface area contributed by atoms with Gasteiger partial charge in [0.2, 0.25) is 0 Å². The minimum atomic E-state index is -0.180. The number of aryl methyl sites for hydroxylation is 1. The molecule has 0 unspecified atom stereocenters. The Morgan fingerprint density at radius 3 is 2.71 bits per heavy atom. The lowest BCUT2D eigenvalue weighted by molar-refractivity contribution is -0.118. The van der Waals surface area contributed by atoms with Crippen LogP contribution in [0.5, 0.6) is 5.75 Å². The molecule has 0 fully saturated rings. The van der Waals surface area contributed by atoms with E-state index in [0.29, 0.717) is 5.75 Å². The van der Waals surface area contributed by atoms with Crippen LogP contribution in [0.4, 0.5) is 11.4 Å². The summed E-state index contributed by atoms with van der Waals surface area (Å²) in [5.74, 6) is 1.60. The molecule has 0 saturated carbocycles. The van der Waals surface area contributed by atoms with E-state index in [9.17, 15) is 4.79 Å². The Hall–Kier alpha value is -3.80. The number of benzene rings is 3. The maximum absolute atomic E-state index is 12.2. The van der Waals surface area contributed by atoms with Gasteiger partial charge < -0.3 is 19.5 Å². The maximum Gasteiger partial charge on any atom is 0.262 e. The predicted molar refractivity (Wildman–Crippen MR) is 123 cm³/mol. The van der Waals surface area contributed by atoms with Crippen LogP contribution in [0, 0.1) is 6.92 Å². The fourth-order valence-corrected chi connectivity index (χ4v) is 3.99. The fraction of sp³-hybridized carbons (Fsp3) is 0.200. The highest BCUT2D eigenvalue weighted by molar-refractivity contribution is 5.92. The largest absolute Gasteiger partial charge is 0.484 e. The van der Waals surface area contributed by atoms with Gasteiger partial charge in [0.1, 0.15) is 11.6 Å². The SMILES string of the molecule is Cc1cccc(OCC(=O)Nc2ccc(N3CCn4c(nc5ccccc54)C3)cc2)c1. The molecule has 1 aliphatic heterocycles. The summed E-state index contributed by atoms with van der Waals surface area (Å²) in [6.45, 7) is 4.57. The van der Waals surface area contributed by atoms with Gasteiger partial charge in [-0.1, -0.05) is 24.3 Å². The molecular formula is C25H24N4O2. The molecule has 0 saturated heterocycles. The van der Waals surface area contributed by atoms with Crippen molar-refractivity contribution in [3.63, 3.8) is 0 Å². The Labute approximate surface area is 181 Å². The fourth-order valence-electron chi connectivity index (χ4n) is 3.99. The number of anilines is 2. The van der Waals surface area contributed by atoms with E-state index in [4.69, 9.17) is 9.72 Å². The Bertz CT molecular complexity index is 1230. The maximum atomic E-state index is 12.2. The number of amides is 1. The van der Waals surface area contributed by atoms with Crippen LogP contribution in [0.25, 0.3) is 11.0 Å². The molecule has 6 heteroatoms. The van der Waals surface area contributed by atoms with E-state index in [2.05, 4.69) is 33.0 Å². The molecule has 1 aromatic heterocycles. The molecule has 0 atom stereocenters. The number of imidazole rings is 1. The van der Waals surface area contributed by atoms with Gasteiger partial charge in [-0.25, -0.2) is 4.98 Å². The second kappa shape index (κ2) is 8.14. The zero-order valence-corrected chi connectivity index (χ0v) is 17.4. The number of rotatable bonds is 5. The summed E-state index contributed by atoms with van der Waals surface area (Å²) < 4.78 is 7.87. The van der Waals surface area contributed by atoms with Crippen molar-refractivity contribution < 1.29 is 9.53 Å². The molecule has 3 aromatic carbocycles. The molecule has 0 aliphatic carbocycles. The quantitative estimate of drug-likeness (QED) is 0.528. The molecule has 0 spiro atoms. The van der Waals surface area contributed by atoms with Gasteiger partial charge >= 0.3 is 0 Å². The average molecular weight is 412 g/mol. The average Bonchev–Trinajstić information content (AvgIpc) is 3.16. The van der Waals surface area contributed by atoms with Crippen LogP contribution in [0.3, 0.4) is 0 Å². The predicted octanol–water partition coefficient (Wildman–Crippen LogP) is 4.38. The third-order valence-electron chi connectivity index (χ3n) is 5.54. The summed E-state index contributed by atoms with van der Waals surface area (Å²) in [5.41, 5.74) is 5.22. The highest BCUT2D eigenvalue weighted by Gasteiger charge is 2.20. The van der Waals surface area contributed by atoms with Crippen LogP contribution in [0.2, 0.25) is 0 Å². The Morgan fingerprint density at radius 1 is 1.03 bits per heavy atom. The highest BCUT2D eigenvalue weighted by Crippen LogP contribution is 2.25. The first-order valence-corrected chi connectivity index (χ1v) is 10.4. The van der Waals surface area contributed by atoms with Gasteiger partial charge in [-0.15, -0.1) is 0 Å². The van der Waals surface area contributed by atoms with Crippen LogP contribution in [-0.4, -0.2) is 28.6 Å². The van der Waals surface area contributed by atoms with Crippen LogP contribution < -0.4 is 15.0 Å². The van der Waals surface area contributed by atoms with Crippen LogP contribution in [-0.2, 0) is 17.9 Å². The van der Waals surface area contributed by atoms with Gasteiger partial charge in [0.05, 0.1) is 17.6 Å². The van der Waals surface area contributed by atoms with Crippen molar-refractivity contribution in [2.45, 2.75) is 20.0 Å². The van der Waals surface area contributed by atoms with Gasteiger partial charge in [-0.05, 0) is 61.0 Å². The normalized spacial score (nSPS) is 13.1. The third-order valence-corrected chi connectivity index (χ3v) is 5.54. The molecule has 1 aliphatic rings. The molecule has 1 amide bonds. The van der Waals surface area contributed by atoms with E-state index in [1.165, 1.54) is 5.52 Å². The van der Waals surface area contributed by atoms with E-state index in [1.807, 2.05) is 61.5 Å². The van der Waals surface area contributed by atoms with Gasteiger partial charge in [-0.2, -0.15) is 0 Å². The zero-order valence-electron chi connectivity index (χ0n) is 17.4. The zero-order chi connectivity index (χ0) is 21.2. The molecule has 1 N–H and O–H groups in total. The molecule has 156 valence electrons.